The Morgan fingerprint density at radius 1 is 1.00 bits per heavy atom. The third kappa shape index (κ3) is 3.76. The summed E-state index contributed by atoms with van der Waals surface area (Å²) < 4.78 is 32.2. The van der Waals surface area contributed by atoms with Crippen molar-refractivity contribution in [2.45, 2.75) is 11.8 Å². The van der Waals surface area contributed by atoms with Crippen molar-refractivity contribution in [1.29, 1.82) is 0 Å². The highest BCUT2D eigenvalue weighted by Crippen LogP contribution is 2.27. The molecule has 0 spiro atoms. The van der Waals surface area contributed by atoms with Gasteiger partial charge in [-0.1, -0.05) is 17.7 Å². The molecule has 1 heterocycles. The van der Waals surface area contributed by atoms with Gasteiger partial charge in [0.1, 0.15) is 5.75 Å². The number of hydrogen-bond acceptors (Lipinski definition) is 4. The first-order chi connectivity index (χ1) is 11.9. The SMILES string of the molecule is COc1ccc(S(=O)(=O)N2CCN(c3cc(Cl)ccc3C)CC2)cc1. The number of nitrogens with zero attached hydrogens (tertiary/aromatic N) is 2. The van der Waals surface area contributed by atoms with Gasteiger partial charge in [-0.3, -0.25) is 0 Å². The van der Waals surface area contributed by atoms with Crippen LogP contribution in [0.3, 0.4) is 0 Å². The van der Waals surface area contributed by atoms with Gasteiger partial charge in [0.05, 0.1) is 12.0 Å². The topological polar surface area (TPSA) is 49.9 Å². The number of benzene rings is 2. The van der Waals surface area contributed by atoms with E-state index in [2.05, 4.69) is 4.90 Å². The van der Waals surface area contributed by atoms with Crippen LogP contribution in [0, 0.1) is 6.92 Å². The highest BCUT2D eigenvalue weighted by molar-refractivity contribution is 7.89. The fourth-order valence-corrected chi connectivity index (χ4v) is 4.58. The maximum absolute atomic E-state index is 12.8. The summed E-state index contributed by atoms with van der Waals surface area (Å²) in [4.78, 5) is 2.47. The molecule has 0 unspecified atom stereocenters. The minimum Gasteiger partial charge on any atom is -0.497 e. The van der Waals surface area contributed by atoms with Crippen LogP contribution in [0.2, 0.25) is 5.02 Å². The first-order valence-electron chi connectivity index (χ1n) is 8.07. The molecule has 0 N–H and O–H groups in total. The van der Waals surface area contributed by atoms with E-state index in [1.54, 1.807) is 31.4 Å². The van der Waals surface area contributed by atoms with Crippen LogP contribution in [0.15, 0.2) is 47.4 Å². The average Bonchev–Trinajstić information content (AvgIpc) is 2.64. The molecule has 1 aliphatic heterocycles. The number of piperazine rings is 1. The molecule has 2 aromatic rings. The zero-order valence-electron chi connectivity index (χ0n) is 14.3. The Labute approximate surface area is 153 Å². The third-order valence-corrected chi connectivity index (χ3v) is 6.60. The number of rotatable bonds is 4. The molecule has 1 aliphatic rings. The number of methoxy groups -OCH3 is 1. The Bertz CT molecular complexity index is 845. The van der Waals surface area contributed by atoms with E-state index in [0.29, 0.717) is 41.8 Å². The van der Waals surface area contributed by atoms with Crippen LogP contribution in [0.25, 0.3) is 0 Å². The van der Waals surface area contributed by atoms with Crippen LogP contribution < -0.4 is 9.64 Å². The molecule has 0 bridgehead atoms. The maximum Gasteiger partial charge on any atom is 0.243 e. The fraction of sp³-hybridized carbons (Fsp3) is 0.333. The van der Waals surface area contributed by atoms with Crippen molar-refractivity contribution in [2.75, 3.05) is 38.2 Å². The van der Waals surface area contributed by atoms with Gasteiger partial charge in [-0.05, 0) is 48.9 Å². The minimum atomic E-state index is -3.49. The summed E-state index contributed by atoms with van der Waals surface area (Å²) in [5, 5.41) is 0.689. The summed E-state index contributed by atoms with van der Waals surface area (Å²) in [5.74, 6) is 0.639. The molecule has 1 fully saturated rings. The van der Waals surface area contributed by atoms with E-state index < -0.39 is 10.0 Å². The summed E-state index contributed by atoms with van der Waals surface area (Å²) in [7, 11) is -1.93. The first-order valence-corrected chi connectivity index (χ1v) is 9.89. The number of sulfonamides is 1. The lowest BCUT2D eigenvalue weighted by Crippen LogP contribution is -2.48. The number of anilines is 1. The second-order valence-corrected chi connectivity index (χ2v) is 8.37. The van der Waals surface area contributed by atoms with Gasteiger partial charge in [0, 0.05) is 36.9 Å². The summed E-state index contributed by atoms with van der Waals surface area (Å²) in [6.45, 7) is 4.19. The third-order valence-electron chi connectivity index (χ3n) is 4.45. The molecule has 0 saturated carbocycles. The first kappa shape index (κ1) is 18.0. The molecule has 3 rings (SSSR count). The smallest absolute Gasteiger partial charge is 0.243 e. The molecule has 0 radical (unpaired) electrons. The second-order valence-electron chi connectivity index (χ2n) is 6.00. The molecule has 25 heavy (non-hydrogen) atoms. The van der Waals surface area contributed by atoms with E-state index in [4.69, 9.17) is 16.3 Å². The molecule has 2 aromatic carbocycles. The molecule has 0 aromatic heterocycles. The fourth-order valence-electron chi connectivity index (χ4n) is 2.99. The van der Waals surface area contributed by atoms with E-state index in [-0.39, 0.29) is 0 Å². The average molecular weight is 381 g/mol. The standard InChI is InChI=1S/C18H21ClN2O3S/c1-14-3-4-15(19)13-18(14)20-9-11-21(12-10-20)25(22,23)17-7-5-16(24-2)6-8-17/h3-8,13H,9-12H2,1-2H3. The van der Waals surface area contributed by atoms with Gasteiger partial charge in [0.25, 0.3) is 0 Å². The lowest BCUT2D eigenvalue weighted by atomic mass is 10.1. The van der Waals surface area contributed by atoms with Gasteiger partial charge < -0.3 is 9.64 Å². The number of ether oxygens (including phenoxy) is 1. The summed E-state index contributed by atoms with van der Waals surface area (Å²) in [5.41, 5.74) is 2.20. The number of halogens is 1. The number of hydrogen-bond donors (Lipinski definition) is 0. The highest BCUT2D eigenvalue weighted by Gasteiger charge is 2.29. The van der Waals surface area contributed by atoms with Crippen LogP contribution in [0.1, 0.15) is 5.56 Å². The van der Waals surface area contributed by atoms with Crippen LogP contribution in [-0.4, -0.2) is 46.0 Å². The van der Waals surface area contributed by atoms with E-state index in [0.717, 1.165) is 11.3 Å². The predicted octanol–water partition coefficient (Wildman–Crippen LogP) is 3.17. The maximum atomic E-state index is 12.8. The van der Waals surface area contributed by atoms with Crippen molar-refractivity contribution in [2.24, 2.45) is 0 Å². The zero-order valence-corrected chi connectivity index (χ0v) is 15.8. The van der Waals surface area contributed by atoms with Gasteiger partial charge in [-0.25, -0.2) is 8.42 Å². The molecular weight excluding hydrogens is 360 g/mol. The summed E-state index contributed by atoms with van der Waals surface area (Å²) >= 11 is 6.10. The Hall–Kier alpha value is -1.76. The van der Waals surface area contributed by atoms with Gasteiger partial charge in [-0.2, -0.15) is 4.31 Å². The van der Waals surface area contributed by atoms with Crippen LogP contribution in [0.5, 0.6) is 5.75 Å². The molecule has 134 valence electrons. The van der Waals surface area contributed by atoms with Crippen molar-refractivity contribution >= 4 is 27.3 Å². The van der Waals surface area contributed by atoms with Gasteiger partial charge in [0.2, 0.25) is 10.0 Å². The van der Waals surface area contributed by atoms with Crippen molar-refractivity contribution in [3.63, 3.8) is 0 Å². The Balaban J connectivity index is 1.73. The van der Waals surface area contributed by atoms with Crippen molar-refractivity contribution in [1.82, 2.24) is 4.31 Å². The van der Waals surface area contributed by atoms with Crippen LogP contribution in [0.4, 0.5) is 5.69 Å². The van der Waals surface area contributed by atoms with Gasteiger partial charge >= 0.3 is 0 Å². The largest absolute Gasteiger partial charge is 0.497 e. The Morgan fingerprint density at radius 2 is 1.64 bits per heavy atom. The van der Waals surface area contributed by atoms with E-state index in [1.165, 1.54) is 4.31 Å². The lowest BCUT2D eigenvalue weighted by molar-refractivity contribution is 0.384. The molecular formula is C18H21ClN2O3S. The quantitative estimate of drug-likeness (QED) is 0.817. The second kappa shape index (κ2) is 7.23. The Morgan fingerprint density at radius 3 is 2.24 bits per heavy atom. The molecule has 5 nitrogen and oxygen atoms in total. The normalized spacial score (nSPS) is 16.0. The zero-order chi connectivity index (χ0) is 18.0. The van der Waals surface area contributed by atoms with Crippen molar-refractivity contribution in [3.8, 4) is 5.75 Å². The van der Waals surface area contributed by atoms with E-state index in [9.17, 15) is 8.42 Å². The van der Waals surface area contributed by atoms with Gasteiger partial charge in [0.15, 0.2) is 0 Å². The summed E-state index contributed by atoms with van der Waals surface area (Å²) in [6, 6.07) is 12.3. The number of aryl methyl sites for hydroxylation is 1. The minimum absolute atomic E-state index is 0.292. The molecule has 1 saturated heterocycles. The highest BCUT2D eigenvalue weighted by atomic mass is 35.5. The molecule has 0 aliphatic carbocycles. The monoisotopic (exact) mass is 380 g/mol. The Kier molecular flexibility index (Phi) is 5.22. The van der Waals surface area contributed by atoms with Crippen LogP contribution >= 0.6 is 11.6 Å². The predicted molar refractivity (Wildman–Crippen MR) is 100 cm³/mol. The van der Waals surface area contributed by atoms with Crippen molar-refractivity contribution in [3.05, 3.63) is 53.1 Å². The van der Waals surface area contributed by atoms with Crippen LogP contribution in [-0.2, 0) is 10.0 Å². The summed E-state index contributed by atoms with van der Waals surface area (Å²) in [6.07, 6.45) is 0. The molecule has 7 heteroatoms. The lowest BCUT2D eigenvalue weighted by Gasteiger charge is -2.36. The van der Waals surface area contributed by atoms with E-state index >= 15 is 0 Å². The molecule has 0 amide bonds. The van der Waals surface area contributed by atoms with E-state index in [1.807, 2.05) is 25.1 Å². The van der Waals surface area contributed by atoms with Gasteiger partial charge in [-0.15, -0.1) is 0 Å². The molecule has 0 atom stereocenters. The van der Waals surface area contributed by atoms with Crippen molar-refractivity contribution < 1.29 is 13.2 Å².